The zero-order valence-corrected chi connectivity index (χ0v) is 55.6. The van der Waals surface area contributed by atoms with Crippen LogP contribution in [0.2, 0.25) is 0 Å². The SMILES string of the molecule is CC/C=C\C/C=C\C/C=C\C/C=C\C/C=C\C/C=C\CCCCCCCCC(=O)OC(/C=C/CCCCCCCCCCC)C(COP(=O)(O)OCC[N+](C)(C)C)NC(=O)CCCCCCCCCCCCC/C=C\C/C=C\CCCCC. The average molecular weight is 1180 g/mol. The van der Waals surface area contributed by atoms with Crippen molar-refractivity contribution in [2.75, 3.05) is 40.9 Å². The number of ether oxygens (including phenoxy) is 1. The maximum Gasteiger partial charge on any atom is 0.472 e. The Kier molecular flexibility index (Phi) is 59.3. The quantitative estimate of drug-likeness (QED) is 0.0205. The number of allylic oxidation sites excluding steroid dienone is 17. The molecule has 0 fully saturated rings. The van der Waals surface area contributed by atoms with Gasteiger partial charge in [-0.25, -0.2) is 4.57 Å². The van der Waals surface area contributed by atoms with E-state index in [-0.39, 0.29) is 31.5 Å². The van der Waals surface area contributed by atoms with E-state index < -0.39 is 20.0 Å². The van der Waals surface area contributed by atoms with Crippen LogP contribution in [0.3, 0.4) is 0 Å². The van der Waals surface area contributed by atoms with Crippen molar-refractivity contribution in [3.8, 4) is 0 Å². The van der Waals surface area contributed by atoms with E-state index in [4.69, 9.17) is 13.8 Å². The van der Waals surface area contributed by atoms with Gasteiger partial charge >= 0.3 is 13.8 Å². The molecule has 9 nitrogen and oxygen atoms in total. The van der Waals surface area contributed by atoms with Gasteiger partial charge < -0.3 is 19.4 Å². The second-order valence-corrected chi connectivity index (χ2v) is 25.4. The highest BCUT2D eigenvalue weighted by Crippen LogP contribution is 2.43. The highest BCUT2D eigenvalue weighted by molar-refractivity contribution is 7.47. The Bertz CT molecular complexity index is 1790. The second kappa shape index (κ2) is 61.7. The van der Waals surface area contributed by atoms with Gasteiger partial charge in [-0.3, -0.25) is 18.6 Å². The Morgan fingerprint density at radius 2 is 0.771 bits per heavy atom. The lowest BCUT2D eigenvalue weighted by atomic mass is 10.0. The first-order valence-electron chi connectivity index (χ1n) is 34.2. The normalized spacial score (nSPS) is 14.3. The van der Waals surface area contributed by atoms with E-state index in [1.54, 1.807) is 0 Å². The number of likely N-dealkylation sites (N-methyl/N-ethyl adjacent to an activating group) is 1. The third-order valence-corrected chi connectivity index (χ3v) is 15.7. The molecule has 0 radical (unpaired) electrons. The topological polar surface area (TPSA) is 111 Å². The molecule has 0 saturated carbocycles. The molecule has 0 aromatic rings. The molecule has 0 aromatic carbocycles. The van der Waals surface area contributed by atoms with Gasteiger partial charge in [0.15, 0.2) is 0 Å². The van der Waals surface area contributed by atoms with Gasteiger partial charge in [0.2, 0.25) is 5.91 Å². The van der Waals surface area contributed by atoms with Gasteiger partial charge in [0.1, 0.15) is 19.3 Å². The maximum atomic E-state index is 13.6. The van der Waals surface area contributed by atoms with E-state index in [2.05, 4.69) is 123 Å². The van der Waals surface area contributed by atoms with Crippen LogP contribution in [-0.4, -0.2) is 74.3 Å². The van der Waals surface area contributed by atoms with Crippen molar-refractivity contribution in [2.45, 2.75) is 303 Å². The zero-order chi connectivity index (χ0) is 60.7. The van der Waals surface area contributed by atoms with E-state index in [1.165, 1.54) is 128 Å². The number of nitrogens with zero attached hydrogens (tertiary/aromatic N) is 1. The van der Waals surface area contributed by atoms with Crippen LogP contribution in [0.1, 0.15) is 290 Å². The molecule has 2 N–H and O–H groups in total. The van der Waals surface area contributed by atoms with E-state index in [0.29, 0.717) is 17.4 Å². The van der Waals surface area contributed by atoms with Crippen molar-refractivity contribution in [2.24, 2.45) is 0 Å². The first-order valence-corrected chi connectivity index (χ1v) is 35.7. The maximum absolute atomic E-state index is 13.6. The molecule has 3 unspecified atom stereocenters. The number of hydrogen-bond donors (Lipinski definition) is 2. The van der Waals surface area contributed by atoms with Gasteiger partial charge in [0.05, 0.1) is 33.8 Å². The number of nitrogens with one attached hydrogen (secondary N) is 1. The largest absolute Gasteiger partial charge is 0.472 e. The van der Waals surface area contributed by atoms with Crippen molar-refractivity contribution in [1.82, 2.24) is 5.32 Å². The molecule has 1 amide bonds. The van der Waals surface area contributed by atoms with Crippen molar-refractivity contribution in [1.29, 1.82) is 0 Å². The lowest BCUT2D eigenvalue weighted by molar-refractivity contribution is -0.870. The Morgan fingerprint density at radius 1 is 0.434 bits per heavy atom. The monoisotopic (exact) mass is 1180 g/mol. The van der Waals surface area contributed by atoms with Crippen molar-refractivity contribution in [3.63, 3.8) is 0 Å². The summed E-state index contributed by atoms with van der Waals surface area (Å²) in [6.07, 6.45) is 85.2. The molecule has 3 atom stereocenters. The van der Waals surface area contributed by atoms with Gasteiger partial charge in [-0.15, -0.1) is 0 Å². The van der Waals surface area contributed by atoms with Crippen LogP contribution in [0.5, 0.6) is 0 Å². The Hall–Kier alpha value is -3.33. The molecule has 83 heavy (non-hydrogen) atoms. The number of esters is 1. The fraction of sp³-hybridized carbons (Fsp3) is 0.726. The summed E-state index contributed by atoms with van der Waals surface area (Å²) >= 11 is 0. The molecule has 0 heterocycles. The van der Waals surface area contributed by atoms with Crippen LogP contribution in [-0.2, 0) is 27.9 Å². The van der Waals surface area contributed by atoms with Gasteiger partial charge in [0.25, 0.3) is 0 Å². The number of phosphoric acid groups is 1. The molecule has 10 heteroatoms. The minimum atomic E-state index is -4.46. The Labute approximate surface area is 512 Å². The van der Waals surface area contributed by atoms with E-state index in [0.717, 1.165) is 128 Å². The van der Waals surface area contributed by atoms with Crippen molar-refractivity contribution >= 4 is 19.7 Å². The molecule has 0 rings (SSSR count). The number of phosphoric ester groups is 1. The Balaban J connectivity index is 5.13. The number of hydrogen-bond acceptors (Lipinski definition) is 6. The summed E-state index contributed by atoms with van der Waals surface area (Å²) in [7, 11) is 1.48. The van der Waals surface area contributed by atoms with E-state index in [9.17, 15) is 19.0 Å². The molecule has 0 bridgehead atoms. The molecule has 0 saturated heterocycles. The minimum absolute atomic E-state index is 0.0325. The number of carbonyl (C=O) groups excluding carboxylic acids is 2. The third kappa shape index (κ3) is 63.0. The smallest absolute Gasteiger partial charge is 0.456 e. The van der Waals surface area contributed by atoms with Crippen LogP contribution in [0.25, 0.3) is 0 Å². The zero-order valence-electron chi connectivity index (χ0n) is 54.7. The molecule has 0 aliphatic carbocycles. The minimum Gasteiger partial charge on any atom is -0.456 e. The van der Waals surface area contributed by atoms with E-state index in [1.807, 2.05) is 33.3 Å². The summed E-state index contributed by atoms with van der Waals surface area (Å²) in [6, 6.07) is -0.863. The summed E-state index contributed by atoms with van der Waals surface area (Å²) in [4.78, 5) is 37.8. The Morgan fingerprint density at radius 3 is 1.18 bits per heavy atom. The summed E-state index contributed by atoms with van der Waals surface area (Å²) in [5, 5.41) is 3.06. The van der Waals surface area contributed by atoms with Crippen molar-refractivity contribution in [3.05, 3.63) is 109 Å². The first kappa shape index (κ1) is 79.7. The van der Waals surface area contributed by atoms with Gasteiger partial charge in [-0.05, 0) is 115 Å². The highest BCUT2D eigenvalue weighted by atomic mass is 31.2. The lowest BCUT2D eigenvalue weighted by Crippen LogP contribution is -2.47. The van der Waals surface area contributed by atoms with E-state index >= 15 is 0 Å². The fourth-order valence-electron chi connectivity index (χ4n) is 9.44. The number of amides is 1. The number of unbranched alkanes of at least 4 members (excludes halogenated alkanes) is 29. The predicted octanol–water partition coefficient (Wildman–Crippen LogP) is 21.7. The van der Waals surface area contributed by atoms with Crippen LogP contribution >= 0.6 is 7.82 Å². The van der Waals surface area contributed by atoms with Gasteiger partial charge in [-0.1, -0.05) is 272 Å². The summed E-state index contributed by atoms with van der Waals surface area (Å²) in [5.74, 6) is -0.525. The summed E-state index contributed by atoms with van der Waals surface area (Å²) in [6.45, 7) is 6.87. The molecular formula is C73H130N2O7P+. The lowest BCUT2D eigenvalue weighted by Gasteiger charge is -2.27. The number of carbonyl (C=O) groups is 2. The van der Waals surface area contributed by atoms with Gasteiger partial charge in [-0.2, -0.15) is 0 Å². The number of quaternary nitrogens is 1. The predicted molar refractivity (Wildman–Crippen MR) is 360 cm³/mol. The van der Waals surface area contributed by atoms with Crippen LogP contribution < -0.4 is 5.32 Å². The van der Waals surface area contributed by atoms with Crippen molar-refractivity contribution < 1.29 is 37.3 Å². The van der Waals surface area contributed by atoms with Crippen LogP contribution in [0.4, 0.5) is 0 Å². The molecule has 0 aliphatic heterocycles. The highest BCUT2D eigenvalue weighted by Gasteiger charge is 2.30. The summed E-state index contributed by atoms with van der Waals surface area (Å²) < 4.78 is 30.8. The fourth-order valence-corrected chi connectivity index (χ4v) is 10.2. The first-order chi connectivity index (χ1) is 40.4. The molecular weight excluding hydrogens is 1050 g/mol. The van der Waals surface area contributed by atoms with Crippen LogP contribution in [0.15, 0.2) is 109 Å². The molecule has 478 valence electrons. The summed E-state index contributed by atoms with van der Waals surface area (Å²) in [5.41, 5.74) is 0. The van der Waals surface area contributed by atoms with Crippen LogP contribution in [0, 0.1) is 0 Å². The third-order valence-electron chi connectivity index (χ3n) is 14.7. The molecule has 0 aromatic heterocycles. The number of rotatable bonds is 61. The molecule has 0 spiro atoms. The molecule has 0 aliphatic rings. The average Bonchev–Trinajstić information content (AvgIpc) is 3.51. The van der Waals surface area contributed by atoms with Gasteiger partial charge in [0, 0.05) is 12.8 Å². The second-order valence-electron chi connectivity index (χ2n) is 24.0. The standard InChI is InChI=1S/C73H129N2O7P/c1-7-10-13-16-19-22-25-27-29-31-33-35-36-37-38-40-42-44-46-48-51-54-57-60-63-66-73(77)82-71(64-61-58-55-52-49-24-21-18-15-12-9-3)70(69-81-83(78,79)80-68-67-75(4,5)6)74-72(76)65-62-59-56-53-50-47-45-43-41-39-34-32-30-28-26-23-20-17-14-11-8-2/h10,13,19-20,22-23,27-30,33,35,37-38,42,44,61,64,70-71H,7-9,11-12,14-18,21,24-26,31-32,34,36,39-41,43,45-60,62-63,65-69H2,1-6H3,(H-,74,76,78,79)/p+1/b13-10-,22-19-,23-20-,29-27-,30-28-,35-33-,38-37-,44-42-,64-61+.